The van der Waals surface area contributed by atoms with E-state index < -0.39 is 0 Å². The standard InChI is InChI=1S/C12H7ClN2OS/c13-9-4-2-1-3-7(9)10-8-5-6-17-11(8)15-12(16)14-10/h1-6H,(H,14,15,16). The van der Waals surface area contributed by atoms with Gasteiger partial charge in [-0.05, 0) is 17.5 Å². The maximum absolute atomic E-state index is 11.5. The van der Waals surface area contributed by atoms with Crippen LogP contribution in [0.1, 0.15) is 0 Å². The molecule has 0 saturated carbocycles. The maximum atomic E-state index is 11.5. The molecule has 0 fully saturated rings. The number of aromatic nitrogens is 2. The van der Waals surface area contributed by atoms with Crippen molar-refractivity contribution in [3.63, 3.8) is 0 Å². The number of benzene rings is 1. The largest absolute Gasteiger partial charge is 0.346 e. The number of hydrogen-bond acceptors (Lipinski definition) is 3. The molecule has 2 heterocycles. The van der Waals surface area contributed by atoms with Gasteiger partial charge in [0.1, 0.15) is 4.83 Å². The van der Waals surface area contributed by atoms with E-state index in [1.807, 2.05) is 29.6 Å². The van der Waals surface area contributed by atoms with E-state index in [2.05, 4.69) is 9.97 Å². The topological polar surface area (TPSA) is 45.8 Å². The number of hydrogen-bond donors (Lipinski definition) is 1. The molecule has 0 aliphatic heterocycles. The van der Waals surface area contributed by atoms with Crippen molar-refractivity contribution in [2.75, 3.05) is 0 Å². The van der Waals surface area contributed by atoms with Crippen LogP contribution < -0.4 is 5.69 Å². The monoisotopic (exact) mass is 262 g/mol. The van der Waals surface area contributed by atoms with Crippen LogP contribution in [0.3, 0.4) is 0 Å². The van der Waals surface area contributed by atoms with Gasteiger partial charge in [0.2, 0.25) is 0 Å². The average Bonchev–Trinajstić information content (AvgIpc) is 2.76. The Bertz CT molecular complexity index is 747. The van der Waals surface area contributed by atoms with Crippen molar-refractivity contribution in [3.05, 3.63) is 51.2 Å². The van der Waals surface area contributed by atoms with E-state index in [9.17, 15) is 4.79 Å². The predicted molar refractivity (Wildman–Crippen MR) is 70.7 cm³/mol. The number of H-pyrrole nitrogens is 1. The molecule has 0 saturated heterocycles. The molecule has 1 aromatic carbocycles. The van der Waals surface area contributed by atoms with Crippen LogP contribution in [-0.2, 0) is 0 Å². The molecule has 2 aromatic heterocycles. The Labute approximate surface area is 106 Å². The molecule has 0 amide bonds. The van der Waals surface area contributed by atoms with Crippen LogP contribution in [0, 0.1) is 0 Å². The summed E-state index contributed by atoms with van der Waals surface area (Å²) in [6.07, 6.45) is 0. The highest BCUT2D eigenvalue weighted by Gasteiger charge is 2.10. The summed E-state index contributed by atoms with van der Waals surface area (Å²) in [6.45, 7) is 0. The van der Waals surface area contributed by atoms with Gasteiger partial charge in [0, 0.05) is 16.0 Å². The van der Waals surface area contributed by atoms with Crippen LogP contribution in [0.2, 0.25) is 5.02 Å². The van der Waals surface area contributed by atoms with Crippen molar-refractivity contribution in [2.45, 2.75) is 0 Å². The first-order chi connectivity index (χ1) is 8.25. The zero-order valence-electron chi connectivity index (χ0n) is 8.61. The van der Waals surface area contributed by atoms with Crippen molar-refractivity contribution in [1.82, 2.24) is 9.97 Å². The fourth-order valence-electron chi connectivity index (χ4n) is 1.74. The van der Waals surface area contributed by atoms with Crippen LogP contribution in [0.15, 0.2) is 40.5 Å². The lowest BCUT2D eigenvalue weighted by Crippen LogP contribution is -2.10. The Morgan fingerprint density at radius 2 is 2.06 bits per heavy atom. The Morgan fingerprint density at radius 1 is 1.24 bits per heavy atom. The fourth-order valence-corrected chi connectivity index (χ4v) is 2.74. The van der Waals surface area contributed by atoms with Gasteiger partial charge in [-0.3, -0.25) is 4.98 Å². The summed E-state index contributed by atoms with van der Waals surface area (Å²) >= 11 is 7.61. The van der Waals surface area contributed by atoms with E-state index in [1.54, 1.807) is 6.07 Å². The molecular formula is C12H7ClN2OS. The number of halogens is 1. The average molecular weight is 263 g/mol. The Morgan fingerprint density at radius 3 is 2.88 bits per heavy atom. The van der Waals surface area contributed by atoms with Crippen LogP contribution in [0.25, 0.3) is 21.5 Å². The van der Waals surface area contributed by atoms with Crippen molar-refractivity contribution in [2.24, 2.45) is 0 Å². The molecule has 0 radical (unpaired) electrons. The zero-order valence-corrected chi connectivity index (χ0v) is 10.2. The van der Waals surface area contributed by atoms with E-state index in [-0.39, 0.29) is 5.69 Å². The molecule has 0 unspecified atom stereocenters. The minimum atomic E-state index is -0.352. The van der Waals surface area contributed by atoms with E-state index in [1.165, 1.54) is 11.3 Å². The smallest absolute Gasteiger partial charge is 0.297 e. The fraction of sp³-hybridized carbons (Fsp3) is 0. The minimum Gasteiger partial charge on any atom is -0.297 e. The van der Waals surface area contributed by atoms with Crippen LogP contribution >= 0.6 is 22.9 Å². The molecule has 5 heteroatoms. The van der Waals surface area contributed by atoms with Gasteiger partial charge in [0.15, 0.2) is 0 Å². The lowest BCUT2D eigenvalue weighted by atomic mass is 10.1. The lowest BCUT2D eigenvalue weighted by Gasteiger charge is -2.03. The Balaban J connectivity index is 2.41. The second-order valence-corrected chi connectivity index (χ2v) is 4.86. The van der Waals surface area contributed by atoms with E-state index in [0.29, 0.717) is 10.7 Å². The molecular weight excluding hydrogens is 256 g/mol. The van der Waals surface area contributed by atoms with Crippen LogP contribution in [0.5, 0.6) is 0 Å². The third-order valence-corrected chi connectivity index (χ3v) is 3.64. The number of aromatic amines is 1. The third kappa shape index (κ3) is 1.75. The van der Waals surface area contributed by atoms with Gasteiger partial charge in [0.05, 0.1) is 5.69 Å². The first-order valence-electron chi connectivity index (χ1n) is 4.98. The molecule has 0 bridgehead atoms. The Kier molecular flexibility index (Phi) is 2.46. The number of thiophene rings is 1. The molecule has 3 rings (SSSR count). The number of nitrogens with one attached hydrogen (secondary N) is 1. The highest BCUT2D eigenvalue weighted by atomic mass is 35.5. The summed E-state index contributed by atoms with van der Waals surface area (Å²) in [6, 6.07) is 9.31. The van der Waals surface area contributed by atoms with E-state index >= 15 is 0 Å². The summed E-state index contributed by atoms with van der Waals surface area (Å²) in [5.74, 6) is 0. The molecule has 0 atom stereocenters. The summed E-state index contributed by atoms with van der Waals surface area (Å²) < 4.78 is 0. The normalized spacial score (nSPS) is 10.9. The molecule has 0 spiro atoms. The van der Waals surface area contributed by atoms with E-state index in [4.69, 9.17) is 11.6 Å². The van der Waals surface area contributed by atoms with Crippen molar-refractivity contribution < 1.29 is 0 Å². The summed E-state index contributed by atoms with van der Waals surface area (Å²) in [5.41, 5.74) is 1.06. The quantitative estimate of drug-likeness (QED) is 0.731. The number of nitrogens with zero attached hydrogens (tertiary/aromatic N) is 1. The molecule has 84 valence electrons. The van der Waals surface area contributed by atoms with Crippen molar-refractivity contribution in [3.8, 4) is 11.3 Å². The van der Waals surface area contributed by atoms with Crippen molar-refractivity contribution >= 4 is 33.2 Å². The molecule has 3 nitrogen and oxygen atoms in total. The first-order valence-corrected chi connectivity index (χ1v) is 6.24. The van der Waals surface area contributed by atoms with Gasteiger partial charge >= 0.3 is 5.69 Å². The maximum Gasteiger partial charge on any atom is 0.346 e. The molecule has 17 heavy (non-hydrogen) atoms. The zero-order chi connectivity index (χ0) is 11.8. The van der Waals surface area contributed by atoms with Gasteiger partial charge in [-0.25, -0.2) is 4.79 Å². The highest BCUT2D eigenvalue weighted by molar-refractivity contribution is 7.16. The molecule has 3 aromatic rings. The SMILES string of the molecule is O=c1nc(-c2ccccc2Cl)c2ccsc2[nH]1. The molecule has 0 aliphatic rings. The Hall–Kier alpha value is -1.65. The van der Waals surface area contributed by atoms with Gasteiger partial charge < -0.3 is 0 Å². The van der Waals surface area contributed by atoms with E-state index in [0.717, 1.165) is 15.8 Å². The van der Waals surface area contributed by atoms with Gasteiger partial charge in [-0.15, -0.1) is 11.3 Å². The number of fused-ring (bicyclic) bond motifs is 1. The summed E-state index contributed by atoms with van der Waals surface area (Å²) in [4.78, 5) is 19.0. The third-order valence-electron chi connectivity index (χ3n) is 2.48. The van der Waals surface area contributed by atoms with Gasteiger partial charge in [0.25, 0.3) is 0 Å². The van der Waals surface area contributed by atoms with Crippen LogP contribution in [-0.4, -0.2) is 9.97 Å². The summed E-state index contributed by atoms with van der Waals surface area (Å²) in [7, 11) is 0. The van der Waals surface area contributed by atoms with Crippen molar-refractivity contribution in [1.29, 1.82) is 0 Å². The summed E-state index contributed by atoms with van der Waals surface area (Å²) in [5, 5.41) is 3.43. The van der Waals surface area contributed by atoms with Gasteiger partial charge in [-0.1, -0.05) is 29.8 Å². The van der Waals surface area contributed by atoms with Crippen LogP contribution in [0.4, 0.5) is 0 Å². The molecule has 0 aliphatic carbocycles. The predicted octanol–water partition coefficient (Wildman–Crippen LogP) is 3.31. The second kappa shape index (κ2) is 3.98. The first kappa shape index (κ1) is 10.5. The van der Waals surface area contributed by atoms with Gasteiger partial charge in [-0.2, -0.15) is 4.98 Å². The minimum absolute atomic E-state index is 0.352. The number of rotatable bonds is 1. The molecule has 1 N–H and O–H groups in total. The highest BCUT2D eigenvalue weighted by Crippen LogP contribution is 2.31. The lowest BCUT2D eigenvalue weighted by molar-refractivity contribution is 1.13. The second-order valence-electron chi connectivity index (χ2n) is 3.53.